The van der Waals surface area contributed by atoms with Crippen molar-refractivity contribution in [2.75, 3.05) is 10.6 Å². The summed E-state index contributed by atoms with van der Waals surface area (Å²) in [6.45, 7) is 0. The number of fused-ring (bicyclic) bond motifs is 1. The second-order valence-corrected chi connectivity index (χ2v) is 6.88. The molecule has 0 unspecified atom stereocenters. The number of aromatic amines is 1. The van der Waals surface area contributed by atoms with Gasteiger partial charge in [0.05, 0.1) is 0 Å². The molecule has 3 aromatic carbocycles. The Bertz CT molecular complexity index is 1200. The topological polar surface area (TPSA) is 100 Å². The molecule has 1 heterocycles. The zero-order valence-corrected chi connectivity index (χ0v) is 16.0. The molecule has 0 aliphatic carbocycles. The summed E-state index contributed by atoms with van der Waals surface area (Å²) in [5, 5.41) is 7.00. The van der Waals surface area contributed by atoms with Crippen molar-refractivity contribution in [1.82, 2.24) is 4.98 Å². The van der Waals surface area contributed by atoms with Crippen molar-refractivity contribution in [3.05, 3.63) is 83.5 Å². The van der Waals surface area contributed by atoms with Crippen LogP contribution in [0.5, 0.6) is 0 Å². The number of rotatable bonds is 4. The third kappa shape index (κ3) is 3.93. The van der Waals surface area contributed by atoms with Crippen LogP contribution in [-0.2, 0) is 0 Å². The number of aromatic nitrogens is 1. The van der Waals surface area contributed by atoms with E-state index in [0.29, 0.717) is 22.1 Å². The number of nitrogens with two attached hydrogens (primary N) is 1. The Morgan fingerprint density at radius 2 is 1.41 bits per heavy atom. The van der Waals surface area contributed by atoms with E-state index in [1.165, 1.54) is 0 Å². The van der Waals surface area contributed by atoms with Crippen LogP contribution < -0.4 is 16.4 Å². The number of para-hydroxylation sites is 1. The quantitative estimate of drug-likeness (QED) is 0.374. The molecule has 0 spiro atoms. The van der Waals surface area contributed by atoms with Crippen LogP contribution in [0, 0.1) is 0 Å². The second-order valence-electron chi connectivity index (χ2n) is 6.45. The van der Waals surface area contributed by atoms with Gasteiger partial charge in [0.15, 0.2) is 0 Å². The molecule has 0 fully saturated rings. The molecule has 0 saturated heterocycles. The highest BCUT2D eigenvalue weighted by Gasteiger charge is 2.17. The minimum atomic E-state index is -0.527. The Balaban J connectivity index is 1.56. The zero-order chi connectivity index (χ0) is 20.4. The van der Waals surface area contributed by atoms with Gasteiger partial charge in [-0.15, -0.1) is 0 Å². The maximum Gasteiger partial charge on any atom is 0.323 e. The normalized spacial score (nSPS) is 10.7. The van der Waals surface area contributed by atoms with E-state index in [0.717, 1.165) is 22.0 Å². The standard InChI is InChI=1S/C22H17ClN4O2/c23-14-7-11-16(12-8-14)26-22(29)25-15-9-5-13(6-10-15)19-17-3-1-2-4-18(17)27-20(19)21(24)28/h1-12,27H,(H2,24,28)(H2,25,26,29). The molecule has 0 radical (unpaired) electrons. The summed E-state index contributed by atoms with van der Waals surface area (Å²) in [6, 6.07) is 21.3. The molecule has 1 aromatic heterocycles. The smallest absolute Gasteiger partial charge is 0.323 e. The fourth-order valence-electron chi connectivity index (χ4n) is 3.17. The predicted octanol–water partition coefficient (Wildman–Crippen LogP) is 5.23. The van der Waals surface area contributed by atoms with Crippen molar-refractivity contribution < 1.29 is 9.59 Å². The Hall–Kier alpha value is -3.77. The SMILES string of the molecule is NC(=O)c1[nH]c2ccccc2c1-c1ccc(NC(=O)Nc2ccc(Cl)cc2)cc1. The highest BCUT2D eigenvalue weighted by Crippen LogP contribution is 2.33. The first-order valence-corrected chi connectivity index (χ1v) is 9.23. The average Bonchev–Trinajstić information content (AvgIpc) is 3.10. The number of nitrogens with one attached hydrogen (secondary N) is 3. The van der Waals surface area contributed by atoms with E-state index in [1.807, 2.05) is 36.4 Å². The lowest BCUT2D eigenvalue weighted by Crippen LogP contribution is -2.19. The van der Waals surface area contributed by atoms with E-state index in [-0.39, 0.29) is 6.03 Å². The molecule has 0 atom stereocenters. The number of hydrogen-bond acceptors (Lipinski definition) is 2. The minimum Gasteiger partial charge on any atom is -0.364 e. The molecule has 144 valence electrons. The van der Waals surface area contributed by atoms with Gasteiger partial charge in [0, 0.05) is 32.9 Å². The first-order valence-electron chi connectivity index (χ1n) is 8.86. The van der Waals surface area contributed by atoms with Gasteiger partial charge in [0.25, 0.3) is 5.91 Å². The number of benzene rings is 3. The van der Waals surface area contributed by atoms with Crippen LogP contribution in [0.3, 0.4) is 0 Å². The molecule has 0 aliphatic rings. The van der Waals surface area contributed by atoms with Crippen LogP contribution in [0.2, 0.25) is 5.02 Å². The lowest BCUT2D eigenvalue weighted by Gasteiger charge is -2.09. The number of primary amides is 1. The summed E-state index contributed by atoms with van der Waals surface area (Å²) >= 11 is 5.84. The lowest BCUT2D eigenvalue weighted by atomic mass is 10.0. The monoisotopic (exact) mass is 404 g/mol. The van der Waals surface area contributed by atoms with Crippen molar-refractivity contribution in [3.8, 4) is 11.1 Å². The van der Waals surface area contributed by atoms with Crippen LogP contribution in [0.25, 0.3) is 22.0 Å². The van der Waals surface area contributed by atoms with Crippen LogP contribution in [0.15, 0.2) is 72.8 Å². The Labute approximate surface area is 171 Å². The van der Waals surface area contributed by atoms with E-state index >= 15 is 0 Å². The number of halogens is 1. The molecule has 0 saturated carbocycles. The molecule has 29 heavy (non-hydrogen) atoms. The van der Waals surface area contributed by atoms with Crippen molar-refractivity contribution >= 4 is 45.8 Å². The van der Waals surface area contributed by atoms with Gasteiger partial charge < -0.3 is 21.4 Å². The van der Waals surface area contributed by atoms with Gasteiger partial charge >= 0.3 is 6.03 Å². The van der Waals surface area contributed by atoms with Gasteiger partial charge in [-0.3, -0.25) is 4.79 Å². The van der Waals surface area contributed by atoms with E-state index in [4.69, 9.17) is 17.3 Å². The van der Waals surface area contributed by atoms with Gasteiger partial charge in [-0.2, -0.15) is 0 Å². The highest BCUT2D eigenvalue weighted by molar-refractivity contribution is 6.30. The van der Waals surface area contributed by atoms with Gasteiger partial charge in [0.2, 0.25) is 0 Å². The van der Waals surface area contributed by atoms with Gasteiger partial charge in [0.1, 0.15) is 5.69 Å². The summed E-state index contributed by atoms with van der Waals surface area (Å²) in [4.78, 5) is 27.1. The van der Waals surface area contributed by atoms with Crippen molar-refractivity contribution in [2.45, 2.75) is 0 Å². The van der Waals surface area contributed by atoms with Gasteiger partial charge in [-0.1, -0.05) is 41.9 Å². The molecule has 6 nitrogen and oxygen atoms in total. The van der Waals surface area contributed by atoms with E-state index in [1.54, 1.807) is 36.4 Å². The molecule has 0 aliphatic heterocycles. The van der Waals surface area contributed by atoms with E-state index in [9.17, 15) is 9.59 Å². The molecular weight excluding hydrogens is 388 g/mol. The average molecular weight is 405 g/mol. The molecular formula is C22H17ClN4O2. The second kappa shape index (κ2) is 7.69. The first-order chi connectivity index (χ1) is 14.0. The van der Waals surface area contributed by atoms with Crippen molar-refractivity contribution in [3.63, 3.8) is 0 Å². The third-order valence-electron chi connectivity index (χ3n) is 4.49. The Kier molecular flexibility index (Phi) is 4.93. The maximum atomic E-state index is 12.2. The van der Waals surface area contributed by atoms with E-state index < -0.39 is 5.91 Å². The molecule has 3 amide bonds. The minimum absolute atomic E-state index is 0.354. The van der Waals surface area contributed by atoms with Crippen LogP contribution in [0.4, 0.5) is 16.2 Å². The summed E-state index contributed by atoms with van der Waals surface area (Å²) < 4.78 is 0. The number of carbonyl (C=O) groups excluding carboxylic acids is 2. The predicted molar refractivity (Wildman–Crippen MR) is 116 cm³/mol. The number of anilines is 2. The number of urea groups is 1. The Morgan fingerprint density at radius 1 is 0.828 bits per heavy atom. The Morgan fingerprint density at radius 3 is 2.03 bits per heavy atom. The summed E-state index contributed by atoms with van der Waals surface area (Å²) in [5.41, 5.74) is 9.54. The summed E-state index contributed by atoms with van der Waals surface area (Å²) in [6.07, 6.45) is 0. The molecule has 4 rings (SSSR count). The maximum absolute atomic E-state index is 12.2. The largest absolute Gasteiger partial charge is 0.364 e. The number of amides is 3. The molecule has 5 N–H and O–H groups in total. The number of H-pyrrole nitrogens is 1. The first kappa shape index (κ1) is 18.6. The van der Waals surface area contributed by atoms with Crippen LogP contribution in [-0.4, -0.2) is 16.9 Å². The van der Waals surface area contributed by atoms with Crippen molar-refractivity contribution in [1.29, 1.82) is 0 Å². The van der Waals surface area contributed by atoms with Crippen LogP contribution in [0.1, 0.15) is 10.5 Å². The third-order valence-corrected chi connectivity index (χ3v) is 4.74. The van der Waals surface area contributed by atoms with Crippen LogP contribution >= 0.6 is 11.6 Å². The fraction of sp³-hybridized carbons (Fsp3) is 0. The lowest BCUT2D eigenvalue weighted by molar-refractivity contribution is 0.0997. The zero-order valence-electron chi connectivity index (χ0n) is 15.2. The number of hydrogen-bond donors (Lipinski definition) is 4. The molecule has 4 aromatic rings. The van der Waals surface area contributed by atoms with Crippen molar-refractivity contribution in [2.24, 2.45) is 5.73 Å². The van der Waals surface area contributed by atoms with Gasteiger partial charge in [-0.05, 0) is 48.0 Å². The number of carbonyl (C=O) groups is 2. The highest BCUT2D eigenvalue weighted by atomic mass is 35.5. The molecule has 7 heteroatoms. The van der Waals surface area contributed by atoms with E-state index in [2.05, 4.69) is 15.6 Å². The molecule has 0 bridgehead atoms. The fourth-order valence-corrected chi connectivity index (χ4v) is 3.30. The summed E-state index contributed by atoms with van der Waals surface area (Å²) in [7, 11) is 0. The van der Waals surface area contributed by atoms with Gasteiger partial charge in [-0.25, -0.2) is 4.79 Å². The summed E-state index contributed by atoms with van der Waals surface area (Å²) in [5.74, 6) is -0.527.